The molecule has 0 aromatic carbocycles. The highest BCUT2D eigenvalue weighted by atomic mass is 35.5. The number of nitrogens with one attached hydrogen (secondary N) is 1. The maximum atomic E-state index is 12.1. The summed E-state index contributed by atoms with van der Waals surface area (Å²) in [7, 11) is -3.34. The van der Waals surface area contributed by atoms with Crippen LogP contribution in [0.25, 0.3) is 0 Å². The first-order valence-electron chi connectivity index (χ1n) is 6.43. The number of nitrogens with zero attached hydrogens (tertiary/aromatic N) is 1. The molecule has 3 N–H and O–H groups in total. The van der Waals surface area contributed by atoms with Crippen molar-refractivity contribution in [1.82, 2.24) is 9.03 Å². The van der Waals surface area contributed by atoms with E-state index in [2.05, 4.69) is 18.6 Å². The Kier molecular flexibility index (Phi) is 8.38. The van der Waals surface area contributed by atoms with Crippen molar-refractivity contribution in [2.24, 2.45) is 11.7 Å². The van der Waals surface area contributed by atoms with Crippen molar-refractivity contribution in [2.75, 3.05) is 19.6 Å². The third-order valence-electron chi connectivity index (χ3n) is 3.01. The van der Waals surface area contributed by atoms with E-state index in [1.165, 1.54) is 0 Å². The maximum Gasteiger partial charge on any atom is 0.279 e. The first-order valence-corrected chi connectivity index (χ1v) is 7.87. The zero-order valence-electron chi connectivity index (χ0n) is 11.3. The number of hydrogen-bond donors (Lipinski definition) is 2. The quantitative estimate of drug-likeness (QED) is 0.771. The molecule has 1 atom stereocenters. The van der Waals surface area contributed by atoms with E-state index in [0.29, 0.717) is 25.6 Å². The van der Waals surface area contributed by atoms with Gasteiger partial charge in [-0.05, 0) is 25.2 Å². The second-order valence-corrected chi connectivity index (χ2v) is 6.85. The molecule has 0 aromatic rings. The molecule has 7 heteroatoms. The van der Waals surface area contributed by atoms with Crippen LogP contribution in [0.2, 0.25) is 0 Å². The molecule has 1 aliphatic heterocycles. The Balaban J connectivity index is 0.00000289. The number of halogens is 1. The Morgan fingerprint density at radius 2 is 1.78 bits per heavy atom. The van der Waals surface area contributed by atoms with Crippen molar-refractivity contribution in [2.45, 2.75) is 45.6 Å². The third kappa shape index (κ3) is 5.84. The fourth-order valence-electron chi connectivity index (χ4n) is 2.15. The molecular formula is C11H26ClN3O2S. The lowest BCUT2D eigenvalue weighted by atomic mass is 10.1. The predicted molar refractivity (Wildman–Crippen MR) is 77.0 cm³/mol. The van der Waals surface area contributed by atoms with Crippen LogP contribution in [-0.4, -0.2) is 38.4 Å². The molecule has 110 valence electrons. The summed E-state index contributed by atoms with van der Waals surface area (Å²) in [6, 6.07) is -0.151. The number of piperidine rings is 1. The molecule has 0 aliphatic carbocycles. The van der Waals surface area contributed by atoms with Gasteiger partial charge < -0.3 is 5.73 Å². The van der Waals surface area contributed by atoms with E-state index in [-0.39, 0.29) is 18.4 Å². The molecule has 0 aromatic heterocycles. The summed E-state index contributed by atoms with van der Waals surface area (Å²) < 4.78 is 28.4. The average Bonchev–Trinajstić information content (AvgIpc) is 2.28. The van der Waals surface area contributed by atoms with Gasteiger partial charge in [0.1, 0.15) is 0 Å². The molecule has 1 saturated heterocycles. The first-order chi connectivity index (χ1) is 7.95. The van der Waals surface area contributed by atoms with Crippen molar-refractivity contribution in [1.29, 1.82) is 0 Å². The molecule has 0 saturated carbocycles. The van der Waals surface area contributed by atoms with Crippen molar-refractivity contribution in [3.8, 4) is 0 Å². The molecule has 1 fully saturated rings. The summed E-state index contributed by atoms with van der Waals surface area (Å²) in [5, 5.41) is 0. The summed E-state index contributed by atoms with van der Waals surface area (Å²) in [4.78, 5) is 0. The maximum absolute atomic E-state index is 12.1. The van der Waals surface area contributed by atoms with Crippen LogP contribution < -0.4 is 10.5 Å². The van der Waals surface area contributed by atoms with Gasteiger partial charge in [-0.1, -0.05) is 20.3 Å². The second kappa shape index (κ2) is 8.32. The van der Waals surface area contributed by atoms with Crippen molar-refractivity contribution >= 4 is 22.6 Å². The van der Waals surface area contributed by atoms with E-state index < -0.39 is 10.2 Å². The monoisotopic (exact) mass is 299 g/mol. The fraction of sp³-hybridized carbons (Fsp3) is 1.00. The van der Waals surface area contributed by atoms with E-state index in [4.69, 9.17) is 5.73 Å². The first kappa shape index (κ1) is 18.1. The van der Waals surface area contributed by atoms with Gasteiger partial charge in [0.25, 0.3) is 10.2 Å². The predicted octanol–water partition coefficient (Wildman–Crippen LogP) is 1.10. The van der Waals surface area contributed by atoms with Gasteiger partial charge in [-0.25, -0.2) is 0 Å². The Bertz CT molecular complexity index is 316. The van der Waals surface area contributed by atoms with Crippen LogP contribution in [0, 0.1) is 5.92 Å². The lowest BCUT2D eigenvalue weighted by molar-refractivity contribution is 0.335. The summed E-state index contributed by atoms with van der Waals surface area (Å²) in [5.41, 5.74) is 5.61. The van der Waals surface area contributed by atoms with E-state index in [0.717, 1.165) is 25.7 Å². The minimum Gasteiger partial charge on any atom is -0.329 e. The van der Waals surface area contributed by atoms with Crippen molar-refractivity contribution in [3.63, 3.8) is 0 Å². The van der Waals surface area contributed by atoms with E-state index >= 15 is 0 Å². The molecule has 18 heavy (non-hydrogen) atoms. The average molecular weight is 300 g/mol. The van der Waals surface area contributed by atoms with Gasteiger partial charge in [-0.3, -0.25) is 0 Å². The number of rotatable bonds is 6. The number of hydrogen-bond acceptors (Lipinski definition) is 3. The van der Waals surface area contributed by atoms with Gasteiger partial charge in [-0.2, -0.15) is 17.4 Å². The van der Waals surface area contributed by atoms with Crippen molar-refractivity contribution in [3.05, 3.63) is 0 Å². The van der Waals surface area contributed by atoms with E-state index in [1.54, 1.807) is 4.31 Å². The summed E-state index contributed by atoms with van der Waals surface area (Å²) in [6.07, 6.45) is 3.82. The van der Waals surface area contributed by atoms with Crippen LogP contribution in [0.3, 0.4) is 0 Å². The lowest BCUT2D eigenvalue weighted by Crippen LogP contribution is -2.49. The molecule has 0 spiro atoms. The van der Waals surface area contributed by atoms with Crippen LogP contribution in [0.5, 0.6) is 0 Å². The molecule has 1 heterocycles. The molecule has 0 amide bonds. The highest BCUT2D eigenvalue weighted by Crippen LogP contribution is 2.13. The molecular weight excluding hydrogens is 274 g/mol. The van der Waals surface area contributed by atoms with Gasteiger partial charge in [0.15, 0.2) is 0 Å². The van der Waals surface area contributed by atoms with Gasteiger partial charge in [0, 0.05) is 25.7 Å². The Morgan fingerprint density at radius 3 is 2.22 bits per heavy atom. The second-order valence-electron chi connectivity index (χ2n) is 5.14. The Hall–Kier alpha value is 0.120. The highest BCUT2D eigenvalue weighted by Gasteiger charge is 2.26. The standard InChI is InChI=1S/C11H25N3O2S.ClH/c1-10(2)8-11(9-12)13-17(15,16)14-6-4-3-5-7-14;/h10-11,13H,3-9,12H2,1-2H3;1H. The van der Waals surface area contributed by atoms with Crippen LogP contribution in [0.1, 0.15) is 39.5 Å². The summed E-state index contributed by atoms with van der Waals surface area (Å²) in [6.45, 7) is 5.75. The largest absolute Gasteiger partial charge is 0.329 e. The van der Waals surface area contributed by atoms with Gasteiger partial charge in [0.05, 0.1) is 0 Å². The van der Waals surface area contributed by atoms with Gasteiger partial charge >= 0.3 is 0 Å². The van der Waals surface area contributed by atoms with Gasteiger partial charge in [0.2, 0.25) is 0 Å². The third-order valence-corrected chi connectivity index (χ3v) is 4.69. The van der Waals surface area contributed by atoms with Crippen LogP contribution in [0.15, 0.2) is 0 Å². The van der Waals surface area contributed by atoms with E-state index in [9.17, 15) is 8.42 Å². The number of nitrogens with two attached hydrogens (primary N) is 1. The highest BCUT2D eigenvalue weighted by molar-refractivity contribution is 7.87. The fourth-order valence-corrected chi connectivity index (χ4v) is 3.65. The van der Waals surface area contributed by atoms with Gasteiger partial charge in [-0.15, -0.1) is 12.4 Å². The zero-order valence-corrected chi connectivity index (χ0v) is 12.9. The minimum absolute atomic E-state index is 0. The minimum atomic E-state index is -3.34. The molecule has 0 bridgehead atoms. The normalized spacial score (nSPS) is 19.6. The molecule has 0 radical (unpaired) electrons. The van der Waals surface area contributed by atoms with E-state index in [1.807, 2.05) is 0 Å². The van der Waals surface area contributed by atoms with Crippen LogP contribution >= 0.6 is 12.4 Å². The van der Waals surface area contributed by atoms with Crippen molar-refractivity contribution < 1.29 is 8.42 Å². The molecule has 5 nitrogen and oxygen atoms in total. The molecule has 1 unspecified atom stereocenters. The summed E-state index contributed by atoms with van der Waals surface area (Å²) >= 11 is 0. The SMILES string of the molecule is CC(C)CC(CN)NS(=O)(=O)N1CCCCC1.Cl. The Labute approximate surface area is 117 Å². The van der Waals surface area contributed by atoms with Crippen LogP contribution in [0.4, 0.5) is 0 Å². The molecule has 1 aliphatic rings. The zero-order chi connectivity index (χ0) is 12.9. The smallest absolute Gasteiger partial charge is 0.279 e. The summed E-state index contributed by atoms with van der Waals surface area (Å²) in [5.74, 6) is 0.438. The topological polar surface area (TPSA) is 75.4 Å². The Morgan fingerprint density at radius 1 is 1.22 bits per heavy atom. The molecule has 1 rings (SSSR count). The lowest BCUT2D eigenvalue weighted by Gasteiger charge is -2.28. The van der Waals surface area contributed by atoms with Crippen LogP contribution in [-0.2, 0) is 10.2 Å².